The van der Waals surface area contributed by atoms with Crippen LogP contribution in [0, 0.1) is 5.92 Å². The van der Waals surface area contributed by atoms with Gasteiger partial charge in [-0.15, -0.1) is 5.10 Å². The van der Waals surface area contributed by atoms with Gasteiger partial charge in [0.2, 0.25) is 11.8 Å². The molecule has 1 aliphatic heterocycles. The Morgan fingerprint density at radius 3 is 2.64 bits per heavy atom. The quantitative estimate of drug-likeness (QED) is 0.793. The molecule has 0 aromatic carbocycles. The predicted octanol–water partition coefficient (Wildman–Crippen LogP) is 0.234. The van der Waals surface area contributed by atoms with Crippen molar-refractivity contribution in [2.75, 3.05) is 13.6 Å². The second-order valence-corrected chi connectivity index (χ2v) is 7.84. The number of hydrogen-bond donors (Lipinski definition) is 2. The Morgan fingerprint density at radius 2 is 2.08 bits per heavy atom. The van der Waals surface area contributed by atoms with Crippen LogP contribution in [0.4, 0.5) is 0 Å². The molecule has 8 nitrogen and oxygen atoms in total. The summed E-state index contributed by atoms with van der Waals surface area (Å²) < 4.78 is 1.62. The highest BCUT2D eigenvalue weighted by Crippen LogP contribution is 2.46. The van der Waals surface area contributed by atoms with Crippen LogP contribution in [0.15, 0.2) is 6.20 Å². The Hall–Kier alpha value is -1.96. The Kier molecular flexibility index (Phi) is 4.57. The van der Waals surface area contributed by atoms with Gasteiger partial charge in [0.05, 0.1) is 11.8 Å². The van der Waals surface area contributed by atoms with E-state index in [1.165, 1.54) is 11.9 Å². The standard InChI is InChI=1S/C17H27N5O3/c1-10(2)14(22-9-13(19-20-22)17(3)5-6-17)16(25)21-8-11(23)7-12(21)15(24)18-4/h9-12,14,23H,5-8H2,1-4H3,(H,18,24)/t11?,12?,14-/m0/s1. The predicted molar refractivity (Wildman–Crippen MR) is 90.7 cm³/mol. The first-order chi connectivity index (χ1) is 11.8. The van der Waals surface area contributed by atoms with Gasteiger partial charge in [0, 0.05) is 31.6 Å². The van der Waals surface area contributed by atoms with Gasteiger partial charge in [-0.3, -0.25) is 9.59 Å². The number of likely N-dealkylation sites (N-methyl/N-ethyl adjacent to an activating group) is 1. The minimum absolute atomic E-state index is 0.0165. The van der Waals surface area contributed by atoms with E-state index in [0.717, 1.165) is 18.5 Å². The Labute approximate surface area is 147 Å². The molecule has 0 bridgehead atoms. The van der Waals surface area contributed by atoms with E-state index in [2.05, 4.69) is 22.6 Å². The minimum Gasteiger partial charge on any atom is -0.391 e. The first kappa shape index (κ1) is 17.8. The number of aromatic nitrogens is 3. The summed E-state index contributed by atoms with van der Waals surface area (Å²) in [5, 5.41) is 21.0. The normalized spacial score (nSPS) is 25.9. The van der Waals surface area contributed by atoms with Crippen molar-refractivity contribution in [1.82, 2.24) is 25.2 Å². The average molecular weight is 349 g/mol. The minimum atomic E-state index is -0.684. The lowest BCUT2D eigenvalue weighted by atomic mass is 10.0. The van der Waals surface area contributed by atoms with E-state index in [9.17, 15) is 14.7 Å². The lowest BCUT2D eigenvalue weighted by Crippen LogP contribution is -2.48. The molecule has 2 fully saturated rings. The number of carbonyl (C=O) groups excluding carboxylic acids is 2. The van der Waals surface area contributed by atoms with Crippen LogP contribution >= 0.6 is 0 Å². The number of hydrogen-bond acceptors (Lipinski definition) is 5. The van der Waals surface area contributed by atoms with Gasteiger partial charge in [-0.1, -0.05) is 26.0 Å². The maximum Gasteiger partial charge on any atom is 0.248 e. The highest BCUT2D eigenvalue weighted by atomic mass is 16.3. The number of amides is 2. The molecule has 1 aromatic heterocycles. The Bertz CT molecular complexity index is 667. The largest absolute Gasteiger partial charge is 0.391 e. The Morgan fingerprint density at radius 1 is 1.40 bits per heavy atom. The summed E-state index contributed by atoms with van der Waals surface area (Å²) >= 11 is 0. The number of nitrogens with one attached hydrogen (secondary N) is 1. The molecule has 138 valence electrons. The molecular weight excluding hydrogens is 322 g/mol. The molecule has 2 aliphatic rings. The summed E-state index contributed by atoms with van der Waals surface area (Å²) in [4.78, 5) is 26.8. The first-order valence-corrected chi connectivity index (χ1v) is 8.89. The molecule has 1 saturated carbocycles. The number of aliphatic hydroxyl groups is 1. The molecule has 0 radical (unpaired) electrons. The summed E-state index contributed by atoms with van der Waals surface area (Å²) in [5.74, 6) is -0.466. The van der Waals surface area contributed by atoms with Gasteiger partial charge in [-0.05, 0) is 18.8 Å². The Balaban J connectivity index is 1.86. The fraction of sp³-hybridized carbons (Fsp3) is 0.765. The van der Waals surface area contributed by atoms with Crippen molar-refractivity contribution in [3.05, 3.63) is 11.9 Å². The molecule has 2 heterocycles. The average Bonchev–Trinajstić information content (AvgIpc) is 2.99. The number of β-amino-alcohol motifs (C(OH)–C–C–N with tert-alkyl or cyclic N) is 1. The zero-order chi connectivity index (χ0) is 18.4. The molecule has 0 spiro atoms. The fourth-order valence-electron chi connectivity index (χ4n) is 3.48. The van der Waals surface area contributed by atoms with E-state index in [0.29, 0.717) is 0 Å². The maximum absolute atomic E-state index is 13.2. The van der Waals surface area contributed by atoms with Crippen LogP contribution in [-0.4, -0.2) is 62.6 Å². The number of aliphatic hydroxyl groups excluding tert-OH is 1. The lowest BCUT2D eigenvalue weighted by Gasteiger charge is -2.29. The van der Waals surface area contributed by atoms with Crippen LogP contribution < -0.4 is 5.32 Å². The van der Waals surface area contributed by atoms with E-state index < -0.39 is 18.2 Å². The van der Waals surface area contributed by atoms with Gasteiger partial charge in [-0.2, -0.15) is 0 Å². The van der Waals surface area contributed by atoms with Gasteiger partial charge >= 0.3 is 0 Å². The molecule has 2 unspecified atom stereocenters. The van der Waals surface area contributed by atoms with Gasteiger partial charge < -0.3 is 15.3 Å². The van der Waals surface area contributed by atoms with Gasteiger partial charge in [0.25, 0.3) is 0 Å². The molecule has 3 atom stereocenters. The van der Waals surface area contributed by atoms with Crippen molar-refractivity contribution < 1.29 is 14.7 Å². The monoisotopic (exact) mass is 349 g/mol. The molecule has 1 aromatic rings. The molecule has 2 N–H and O–H groups in total. The summed E-state index contributed by atoms with van der Waals surface area (Å²) in [6, 6.07) is -1.18. The molecule has 3 rings (SSSR count). The highest BCUT2D eigenvalue weighted by Gasteiger charge is 2.44. The molecule has 25 heavy (non-hydrogen) atoms. The van der Waals surface area contributed by atoms with E-state index in [4.69, 9.17) is 0 Å². The lowest BCUT2D eigenvalue weighted by molar-refractivity contribution is -0.142. The fourth-order valence-corrected chi connectivity index (χ4v) is 3.48. The second-order valence-electron chi connectivity index (χ2n) is 7.84. The van der Waals surface area contributed by atoms with Crippen molar-refractivity contribution in [2.24, 2.45) is 5.92 Å². The van der Waals surface area contributed by atoms with E-state index in [1.807, 2.05) is 20.0 Å². The summed E-state index contributed by atoms with van der Waals surface area (Å²) in [6.07, 6.45) is 3.61. The van der Waals surface area contributed by atoms with Crippen molar-refractivity contribution in [1.29, 1.82) is 0 Å². The van der Waals surface area contributed by atoms with Gasteiger partial charge in [-0.25, -0.2) is 4.68 Å². The summed E-state index contributed by atoms with van der Waals surface area (Å²) in [7, 11) is 1.54. The maximum atomic E-state index is 13.2. The molecule has 1 aliphatic carbocycles. The van der Waals surface area contributed by atoms with Crippen molar-refractivity contribution in [3.8, 4) is 0 Å². The zero-order valence-electron chi connectivity index (χ0n) is 15.3. The van der Waals surface area contributed by atoms with Crippen LogP contribution in [0.25, 0.3) is 0 Å². The number of likely N-dealkylation sites (tertiary alicyclic amines) is 1. The van der Waals surface area contributed by atoms with Crippen LogP contribution in [0.1, 0.15) is 51.8 Å². The first-order valence-electron chi connectivity index (χ1n) is 8.89. The van der Waals surface area contributed by atoms with Crippen LogP contribution in [-0.2, 0) is 15.0 Å². The molecule has 8 heteroatoms. The van der Waals surface area contributed by atoms with Gasteiger partial charge in [0.1, 0.15) is 12.1 Å². The highest BCUT2D eigenvalue weighted by molar-refractivity contribution is 5.89. The number of carbonyl (C=O) groups is 2. The third-order valence-electron chi connectivity index (χ3n) is 5.41. The molecule has 1 saturated heterocycles. The smallest absolute Gasteiger partial charge is 0.248 e. The molecule has 2 amide bonds. The second kappa shape index (κ2) is 6.40. The van der Waals surface area contributed by atoms with Crippen molar-refractivity contribution in [3.63, 3.8) is 0 Å². The van der Waals surface area contributed by atoms with Crippen LogP contribution in [0.5, 0.6) is 0 Å². The summed E-state index contributed by atoms with van der Waals surface area (Å²) in [5.41, 5.74) is 0.993. The van der Waals surface area contributed by atoms with E-state index in [1.54, 1.807) is 4.68 Å². The molecular formula is C17H27N5O3. The van der Waals surface area contributed by atoms with E-state index in [-0.39, 0.29) is 36.1 Å². The number of nitrogens with zero attached hydrogens (tertiary/aromatic N) is 4. The van der Waals surface area contributed by atoms with Gasteiger partial charge in [0.15, 0.2) is 0 Å². The van der Waals surface area contributed by atoms with Crippen LogP contribution in [0.3, 0.4) is 0 Å². The summed E-state index contributed by atoms with van der Waals surface area (Å²) in [6.45, 7) is 6.21. The van der Waals surface area contributed by atoms with Crippen molar-refractivity contribution >= 4 is 11.8 Å². The third kappa shape index (κ3) is 3.27. The van der Waals surface area contributed by atoms with E-state index >= 15 is 0 Å². The third-order valence-corrected chi connectivity index (χ3v) is 5.41. The number of rotatable bonds is 5. The zero-order valence-corrected chi connectivity index (χ0v) is 15.3. The van der Waals surface area contributed by atoms with Crippen LogP contribution in [0.2, 0.25) is 0 Å². The topological polar surface area (TPSA) is 100 Å². The van der Waals surface area contributed by atoms with Crippen molar-refractivity contribution in [2.45, 2.75) is 63.6 Å². The SMILES string of the molecule is CNC(=O)C1CC(O)CN1C(=O)[C@H](C(C)C)n1cc(C2(C)CC2)nn1.